The molecule has 0 saturated carbocycles. The molecule has 0 spiro atoms. The van der Waals surface area contributed by atoms with Crippen molar-refractivity contribution in [2.75, 3.05) is 25.6 Å². The fourth-order valence-electron chi connectivity index (χ4n) is 2.87. The Morgan fingerprint density at radius 2 is 2.07 bits per heavy atom. The number of anilines is 1. The topological polar surface area (TPSA) is 82.8 Å². The summed E-state index contributed by atoms with van der Waals surface area (Å²) in [5, 5.41) is 2.81. The maximum Gasteiger partial charge on any atom is 0.248 e. The average Bonchev–Trinajstić information content (AvgIpc) is 3.05. The molecule has 4 rings (SSSR count). The largest absolute Gasteiger partial charge is 0.493 e. The molecule has 2 heterocycles. The normalized spacial score (nSPS) is 13.1. The third kappa shape index (κ3) is 3.57. The summed E-state index contributed by atoms with van der Waals surface area (Å²) in [5.74, 6) is 2.08. The second kappa shape index (κ2) is 7.03. The highest BCUT2D eigenvalue weighted by Crippen LogP contribution is 2.40. The van der Waals surface area contributed by atoms with E-state index in [2.05, 4.69) is 10.3 Å². The molecule has 0 saturated heterocycles. The lowest BCUT2D eigenvalue weighted by Crippen LogP contribution is -2.16. The molecule has 1 N–H and O–H groups in total. The summed E-state index contributed by atoms with van der Waals surface area (Å²) in [6.45, 7) is 2.74. The van der Waals surface area contributed by atoms with E-state index in [4.69, 9.17) is 18.6 Å². The molecule has 0 atom stereocenters. The molecule has 2 aromatic carbocycles. The van der Waals surface area contributed by atoms with Gasteiger partial charge in [0.05, 0.1) is 7.11 Å². The molecule has 7 nitrogen and oxygen atoms in total. The van der Waals surface area contributed by atoms with Crippen molar-refractivity contribution in [1.82, 2.24) is 4.98 Å². The van der Waals surface area contributed by atoms with Crippen molar-refractivity contribution in [3.8, 4) is 17.2 Å². The first-order valence-electron chi connectivity index (χ1n) is 8.46. The molecule has 0 fully saturated rings. The summed E-state index contributed by atoms with van der Waals surface area (Å²) in [6.07, 6.45) is 3.14. The van der Waals surface area contributed by atoms with Crippen LogP contribution >= 0.6 is 0 Å². The third-order valence-corrected chi connectivity index (χ3v) is 4.04. The van der Waals surface area contributed by atoms with Gasteiger partial charge in [-0.25, -0.2) is 4.98 Å². The Morgan fingerprint density at radius 3 is 2.93 bits per heavy atom. The highest BCUT2D eigenvalue weighted by molar-refractivity contribution is 6.02. The summed E-state index contributed by atoms with van der Waals surface area (Å²) in [7, 11) is 1.57. The molecule has 3 aromatic rings. The molecule has 0 bridgehead atoms. The molecule has 0 unspecified atom stereocenters. The number of hydrogen-bond acceptors (Lipinski definition) is 6. The van der Waals surface area contributed by atoms with Crippen LogP contribution < -0.4 is 19.5 Å². The van der Waals surface area contributed by atoms with Gasteiger partial charge >= 0.3 is 0 Å². The van der Waals surface area contributed by atoms with Crippen LogP contribution in [-0.2, 0) is 4.79 Å². The summed E-state index contributed by atoms with van der Waals surface area (Å²) in [6, 6.07) is 8.92. The molecule has 1 amide bonds. The number of nitrogens with zero attached hydrogens (tertiary/aromatic N) is 1. The van der Waals surface area contributed by atoms with Crippen molar-refractivity contribution < 1.29 is 23.4 Å². The van der Waals surface area contributed by atoms with Crippen molar-refractivity contribution in [3.05, 3.63) is 47.9 Å². The van der Waals surface area contributed by atoms with Gasteiger partial charge in [-0.3, -0.25) is 4.79 Å². The molecular weight excluding hydrogens is 348 g/mol. The zero-order chi connectivity index (χ0) is 18.8. The van der Waals surface area contributed by atoms with E-state index in [1.165, 1.54) is 6.08 Å². The standard InChI is InChI=1S/C20H18N2O5/c1-12-21-15-11-14(4-5-16(15)27-12)22-19(23)6-3-13-9-17(24-2)20-18(10-13)25-7-8-26-20/h3-6,9-11H,7-8H2,1-2H3,(H,22,23)/b6-3+. The van der Waals surface area contributed by atoms with Crippen LogP contribution in [0.4, 0.5) is 5.69 Å². The van der Waals surface area contributed by atoms with Crippen LogP contribution in [0.25, 0.3) is 17.2 Å². The monoisotopic (exact) mass is 366 g/mol. The van der Waals surface area contributed by atoms with Crippen molar-refractivity contribution in [2.45, 2.75) is 6.92 Å². The maximum absolute atomic E-state index is 12.2. The Hall–Kier alpha value is -3.48. The Bertz CT molecular complexity index is 1020. The van der Waals surface area contributed by atoms with Crippen LogP contribution in [0.3, 0.4) is 0 Å². The van der Waals surface area contributed by atoms with E-state index in [0.29, 0.717) is 53.1 Å². The summed E-state index contributed by atoms with van der Waals surface area (Å²) in [5.41, 5.74) is 2.80. The van der Waals surface area contributed by atoms with Crippen LogP contribution in [0.15, 0.2) is 40.8 Å². The molecular formula is C20H18N2O5. The summed E-state index contributed by atoms with van der Waals surface area (Å²) >= 11 is 0. The van der Waals surface area contributed by atoms with Gasteiger partial charge in [0.15, 0.2) is 23.0 Å². The Balaban J connectivity index is 1.50. The van der Waals surface area contributed by atoms with E-state index >= 15 is 0 Å². The van der Waals surface area contributed by atoms with Gasteiger partial charge in [-0.2, -0.15) is 0 Å². The minimum atomic E-state index is -0.261. The van der Waals surface area contributed by atoms with E-state index in [0.717, 1.165) is 5.56 Å². The molecule has 1 aromatic heterocycles. The van der Waals surface area contributed by atoms with Crippen molar-refractivity contribution >= 4 is 28.8 Å². The number of aryl methyl sites for hydroxylation is 1. The molecule has 0 radical (unpaired) electrons. The number of hydrogen-bond donors (Lipinski definition) is 1. The minimum absolute atomic E-state index is 0.261. The smallest absolute Gasteiger partial charge is 0.248 e. The van der Waals surface area contributed by atoms with E-state index in [1.54, 1.807) is 44.4 Å². The molecule has 1 aliphatic rings. The van der Waals surface area contributed by atoms with E-state index in [9.17, 15) is 4.79 Å². The number of benzene rings is 2. The Morgan fingerprint density at radius 1 is 1.22 bits per heavy atom. The fourth-order valence-corrected chi connectivity index (χ4v) is 2.87. The fraction of sp³-hybridized carbons (Fsp3) is 0.200. The highest BCUT2D eigenvalue weighted by Gasteiger charge is 2.17. The van der Waals surface area contributed by atoms with Crippen LogP contribution in [0.2, 0.25) is 0 Å². The first kappa shape index (κ1) is 17.0. The SMILES string of the molecule is COc1cc(/C=C/C(=O)Nc2ccc3oc(C)nc3c2)cc2c1OCCO2. The Labute approximate surface area is 155 Å². The Kier molecular flexibility index (Phi) is 4.42. The number of oxazole rings is 1. The number of rotatable bonds is 4. The van der Waals surface area contributed by atoms with Crippen molar-refractivity contribution in [3.63, 3.8) is 0 Å². The molecule has 7 heteroatoms. The molecule has 0 aliphatic carbocycles. The van der Waals surface area contributed by atoms with Gasteiger partial charge in [0.25, 0.3) is 0 Å². The third-order valence-electron chi connectivity index (χ3n) is 4.04. The van der Waals surface area contributed by atoms with E-state index in [1.807, 2.05) is 6.07 Å². The predicted octanol–water partition coefficient (Wildman–Crippen LogP) is 3.57. The van der Waals surface area contributed by atoms with Crippen LogP contribution in [0.1, 0.15) is 11.5 Å². The number of carbonyl (C=O) groups is 1. The number of nitrogens with one attached hydrogen (secondary N) is 1. The highest BCUT2D eigenvalue weighted by atomic mass is 16.6. The van der Waals surface area contributed by atoms with Crippen LogP contribution in [0, 0.1) is 6.92 Å². The second-order valence-electron chi connectivity index (χ2n) is 5.99. The quantitative estimate of drug-likeness (QED) is 0.711. The summed E-state index contributed by atoms with van der Waals surface area (Å²) in [4.78, 5) is 16.5. The first-order chi connectivity index (χ1) is 13.1. The van der Waals surface area contributed by atoms with Crippen LogP contribution in [-0.4, -0.2) is 31.2 Å². The average molecular weight is 366 g/mol. The lowest BCUT2D eigenvalue weighted by atomic mass is 10.1. The minimum Gasteiger partial charge on any atom is -0.493 e. The summed E-state index contributed by atoms with van der Waals surface area (Å²) < 4.78 is 21.9. The van der Waals surface area contributed by atoms with Gasteiger partial charge in [0.2, 0.25) is 11.7 Å². The number of amides is 1. The lowest BCUT2D eigenvalue weighted by molar-refractivity contribution is -0.111. The number of methoxy groups -OCH3 is 1. The number of ether oxygens (including phenoxy) is 3. The van der Waals surface area contributed by atoms with Crippen molar-refractivity contribution in [2.24, 2.45) is 0 Å². The van der Waals surface area contributed by atoms with E-state index in [-0.39, 0.29) is 5.91 Å². The van der Waals surface area contributed by atoms with Gasteiger partial charge in [-0.1, -0.05) is 0 Å². The molecule has 138 valence electrons. The lowest BCUT2D eigenvalue weighted by Gasteiger charge is -2.20. The van der Waals surface area contributed by atoms with Gasteiger partial charge in [-0.15, -0.1) is 0 Å². The maximum atomic E-state index is 12.2. The second-order valence-corrected chi connectivity index (χ2v) is 5.99. The number of fused-ring (bicyclic) bond motifs is 2. The van der Waals surface area contributed by atoms with E-state index < -0.39 is 0 Å². The van der Waals surface area contributed by atoms with Gasteiger partial charge < -0.3 is 23.9 Å². The predicted molar refractivity (Wildman–Crippen MR) is 100 cm³/mol. The van der Waals surface area contributed by atoms with Gasteiger partial charge in [0, 0.05) is 18.7 Å². The molecule has 1 aliphatic heterocycles. The van der Waals surface area contributed by atoms with Crippen LogP contribution in [0.5, 0.6) is 17.2 Å². The zero-order valence-electron chi connectivity index (χ0n) is 14.9. The van der Waals surface area contributed by atoms with Crippen molar-refractivity contribution in [1.29, 1.82) is 0 Å². The number of aromatic nitrogens is 1. The zero-order valence-corrected chi connectivity index (χ0v) is 14.9. The first-order valence-corrected chi connectivity index (χ1v) is 8.46. The van der Waals surface area contributed by atoms with Gasteiger partial charge in [-0.05, 0) is 42.0 Å². The molecule has 27 heavy (non-hydrogen) atoms. The number of carbonyl (C=O) groups excluding carboxylic acids is 1. The van der Waals surface area contributed by atoms with Gasteiger partial charge in [0.1, 0.15) is 18.7 Å².